The molecule has 0 aliphatic carbocycles. The Kier molecular flexibility index (Phi) is 7.24. The SMILES string of the molecule is CN=C(NCCCC(=O)N1Cc2ccccc2C1)NC1CCN(c2cccc(F)c2)CC1. The molecule has 2 aliphatic rings. The molecule has 0 bridgehead atoms. The van der Waals surface area contributed by atoms with Crippen molar-refractivity contribution in [2.75, 3.05) is 31.6 Å². The number of amides is 1. The highest BCUT2D eigenvalue weighted by molar-refractivity contribution is 5.80. The van der Waals surface area contributed by atoms with Crippen molar-refractivity contribution in [3.63, 3.8) is 0 Å². The van der Waals surface area contributed by atoms with Crippen LogP contribution in [0.5, 0.6) is 0 Å². The fraction of sp³-hybridized carbons (Fsp3) is 0.440. The van der Waals surface area contributed by atoms with Gasteiger partial charge in [0.2, 0.25) is 5.91 Å². The van der Waals surface area contributed by atoms with E-state index in [0.717, 1.165) is 57.1 Å². The predicted molar refractivity (Wildman–Crippen MR) is 126 cm³/mol. The zero-order chi connectivity index (χ0) is 22.3. The molecule has 7 heteroatoms. The van der Waals surface area contributed by atoms with Crippen LogP contribution in [-0.2, 0) is 17.9 Å². The normalized spacial score (nSPS) is 16.8. The van der Waals surface area contributed by atoms with Gasteiger partial charge in [-0.2, -0.15) is 0 Å². The molecule has 0 unspecified atom stereocenters. The van der Waals surface area contributed by atoms with Crippen LogP contribution in [0.4, 0.5) is 10.1 Å². The molecule has 2 aromatic rings. The van der Waals surface area contributed by atoms with Gasteiger partial charge in [-0.25, -0.2) is 4.39 Å². The summed E-state index contributed by atoms with van der Waals surface area (Å²) >= 11 is 0. The summed E-state index contributed by atoms with van der Waals surface area (Å²) in [6.07, 6.45) is 3.23. The van der Waals surface area contributed by atoms with Gasteiger partial charge >= 0.3 is 0 Å². The van der Waals surface area contributed by atoms with Crippen LogP contribution in [0.3, 0.4) is 0 Å². The van der Waals surface area contributed by atoms with Gasteiger partial charge in [0.25, 0.3) is 0 Å². The molecule has 170 valence electrons. The van der Waals surface area contributed by atoms with Gasteiger partial charge in [0.1, 0.15) is 5.82 Å². The molecule has 32 heavy (non-hydrogen) atoms. The van der Waals surface area contributed by atoms with Crippen molar-refractivity contribution in [1.82, 2.24) is 15.5 Å². The van der Waals surface area contributed by atoms with Crippen LogP contribution < -0.4 is 15.5 Å². The van der Waals surface area contributed by atoms with Crippen molar-refractivity contribution in [2.45, 2.75) is 44.8 Å². The zero-order valence-corrected chi connectivity index (χ0v) is 18.7. The quantitative estimate of drug-likeness (QED) is 0.414. The Morgan fingerprint density at radius 1 is 1.09 bits per heavy atom. The van der Waals surface area contributed by atoms with Crippen LogP contribution >= 0.6 is 0 Å². The largest absolute Gasteiger partial charge is 0.371 e. The number of carbonyl (C=O) groups is 1. The van der Waals surface area contributed by atoms with Crippen LogP contribution in [0.2, 0.25) is 0 Å². The Hall–Kier alpha value is -3.09. The minimum absolute atomic E-state index is 0.194. The number of nitrogens with zero attached hydrogens (tertiary/aromatic N) is 3. The van der Waals surface area contributed by atoms with Crippen molar-refractivity contribution in [3.8, 4) is 0 Å². The smallest absolute Gasteiger partial charge is 0.223 e. The lowest BCUT2D eigenvalue weighted by Gasteiger charge is -2.34. The third-order valence-corrected chi connectivity index (χ3v) is 6.29. The Balaban J connectivity index is 1.14. The van der Waals surface area contributed by atoms with Crippen LogP contribution in [0, 0.1) is 5.82 Å². The first-order valence-electron chi connectivity index (χ1n) is 11.4. The van der Waals surface area contributed by atoms with Crippen LogP contribution in [-0.4, -0.2) is 49.5 Å². The highest BCUT2D eigenvalue weighted by Gasteiger charge is 2.23. The fourth-order valence-corrected chi connectivity index (χ4v) is 4.46. The van der Waals surface area contributed by atoms with E-state index in [1.54, 1.807) is 19.2 Å². The van der Waals surface area contributed by atoms with Crippen LogP contribution in [0.1, 0.15) is 36.8 Å². The highest BCUT2D eigenvalue weighted by atomic mass is 19.1. The third-order valence-electron chi connectivity index (χ3n) is 6.29. The van der Waals surface area contributed by atoms with Gasteiger partial charge in [0, 0.05) is 57.9 Å². The first kappa shape index (κ1) is 22.1. The predicted octanol–water partition coefficient (Wildman–Crippen LogP) is 3.28. The van der Waals surface area contributed by atoms with E-state index < -0.39 is 0 Å². The maximum Gasteiger partial charge on any atom is 0.223 e. The van der Waals surface area contributed by atoms with E-state index in [1.165, 1.54) is 17.2 Å². The number of anilines is 1. The molecule has 2 N–H and O–H groups in total. The minimum atomic E-state index is -0.194. The molecule has 0 saturated carbocycles. The second kappa shape index (κ2) is 10.5. The molecular formula is C25H32FN5O. The van der Waals surface area contributed by atoms with Gasteiger partial charge < -0.3 is 20.4 Å². The average molecular weight is 438 g/mol. The average Bonchev–Trinajstić information content (AvgIpc) is 3.26. The minimum Gasteiger partial charge on any atom is -0.371 e. The Labute approximate surface area is 189 Å². The van der Waals surface area contributed by atoms with Crippen LogP contribution in [0.15, 0.2) is 53.5 Å². The number of carbonyl (C=O) groups excluding carboxylic acids is 1. The summed E-state index contributed by atoms with van der Waals surface area (Å²) in [6.45, 7) is 3.91. The van der Waals surface area contributed by atoms with E-state index in [2.05, 4.69) is 32.7 Å². The molecule has 0 spiro atoms. The Morgan fingerprint density at radius 2 is 1.81 bits per heavy atom. The molecule has 0 aromatic heterocycles. The maximum absolute atomic E-state index is 13.5. The number of nitrogens with one attached hydrogen (secondary N) is 2. The summed E-state index contributed by atoms with van der Waals surface area (Å²) in [4.78, 5) is 21.0. The van der Waals surface area contributed by atoms with Gasteiger partial charge in [-0.05, 0) is 48.6 Å². The first-order valence-corrected chi connectivity index (χ1v) is 11.4. The van der Waals surface area contributed by atoms with E-state index in [1.807, 2.05) is 23.1 Å². The topological polar surface area (TPSA) is 60.0 Å². The molecule has 0 atom stereocenters. The third kappa shape index (κ3) is 5.58. The molecule has 2 aromatic carbocycles. The van der Waals surface area contributed by atoms with Crippen molar-refractivity contribution < 1.29 is 9.18 Å². The molecule has 1 saturated heterocycles. The summed E-state index contributed by atoms with van der Waals surface area (Å²) in [7, 11) is 1.77. The molecule has 6 nitrogen and oxygen atoms in total. The zero-order valence-electron chi connectivity index (χ0n) is 18.7. The van der Waals surface area contributed by atoms with E-state index in [9.17, 15) is 9.18 Å². The summed E-state index contributed by atoms with van der Waals surface area (Å²) in [5.41, 5.74) is 3.45. The molecule has 1 fully saturated rings. The standard InChI is InChI=1S/C25H32FN5O/c1-27-25(29-22-11-14-30(15-12-22)23-9-4-8-21(26)16-23)28-13-5-10-24(32)31-17-19-6-2-3-7-20(19)18-31/h2-4,6-9,16,22H,5,10-15,17-18H2,1H3,(H2,27,28,29). The van der Waals surface area contributed by atoms with Crippen molar-refractivity contribution >= 4 is 17.6 Å². The maximum atomic E-state index is 13.5. The fourth-order valence-electron chi connectivity index (χ4n) is 4.46. The van der Waals surface area contributed by atoms with Crippen molar-refractivity contribution in [1.29, 1.82) is 0 Å². The number of benzene rings is 2. The number of piperidine rings is 1. The van der Waals surface area contributed by atoms with E-state index >= 15 is 0 Å². The van der Waals surface area contributed by atoms with E-state index in [0.29, 0.717) is 19.0 Å². The van der Waals surface area contributed by atoms with Crippen molar-refractivity contribution in [2.24, 2.45) is 4.99 Å². The lowest BCUT2D eigenvalue weighted by Crippen LogP contribution is -2.49. The summed E-state index contributed by atoms with van der Waals surface area (Å²) in [6, 6.07) is 15.4. The van der Waals surface area contributed by atoms with Crippen molar-refractivity contribution in [3.05, 3.63) is 65.5 Å². The Morgan fingerprint density at radius 3 is 2.47 bits per heavy atom. The number of hydrogen-bond donors (Lipinski definition) is 2. The lowest BCUT2D eigenvalue weighted by atomic mass is 10.0. The van der Waals surface area contributed by atoms with Crippen LogP contribution in [0.25, 0.3) is 0 Å². The Bertz CT molecular complexity index is 930. The molecule has 4 rings (SSSR count). The van der Waals surface area contributed by atoms with Gasteiger partial charge in [-0.3, -0.25) is 9.79 Å². The summed E-state index contributed by atoms with van der Waals surface area (Å²) in [5.74, 6) is 0.783. The molecule has 0 radical (unpaired) electrons. The number of halogens is 1. The highest BCUT2D eigenvalue weighted by Crippen LogP contribution is 2.23. The number of aliphatic imine (C=N–C) groups is 1. The number of hydrogen-bond acceptors (Lipinski definition) is 3. The molecule has 1 amide bonds. The number of fused-ring (bicyclic) bond motifs is 1. The second-order valence-electron chi connectivity index (χ2n) is 8.51. The molecule has 2 heterocycles. The van der Waals surface area contributed by atoms with Gasteiger partial charge in [0.05, 0.1) is 0 Å². The second-order valence-corrected chi connectivity index (χ2v) is 8.51. The lowest BCUT2D eigenvalue weighted by molar-refractivity contribution is -0.131. The number of guanidine groups is 1. The van der Waals surface area contributed by atoms with Gasteiger partial charge in [-0.15, -0.1) is 0 Å². The van der Waals surface area contributed by atoms with Gasteiger partial charge in [-0.1, -0.05) is 30.3 Å². The van der Waals surface area contributed by atoms with E-state index in [-0.39, 0.29) is 11.7 Å². The monoisotopic (exact) mass is 437 g/mol. The first-order chi connectivity index (χ1) is 15.6. The van der Waals surface area contributed by atoms with E-state index in [4.69, 9.17) is 0 Å². The summed E-state index contributed by atoms with van der Waals surface area (Å²) in [5, 5.41) is 6.82. The van der Waals surface area contributed by atoms with Gasteiger partial charge in [0.15, 0.2) is 5.96 Å². The number of rotatable bonds is 6. The summed E-state index contributed by atoms with van der Waals surface area (Å²) < 4.78 is 13.5. The molecular weight excluding hydrogens is 405 g/mol. The molecule has 2 aliphatic heterocycles.